The second-order valence-electron chi connectivity index (χ2n) is 7.11. The summed E-state index contributed by atoms with van der Waals surface area (Å²) in [5.41, 5.74) is 3.36. The van der Waals surface area contributed by atoms with E-state index in [4.69, 9.17) is 9.72 Å². The van der Waals surface area contributed by atoms with Gasteiger partial charge < -0.3 is 10.1 Å². The van der Waals surface area contributed by atoms with Crippen LogP contribution >= 0.6 is 11.3 Å². The van der Waals surface area contributed by atoms with Gasteiger partial charge in [-0.1, -0.05) is 6.07 Å². The number of benzene rings is 1. The average Bonchev–Trinajstić information content (AvgIpc) is 3.47. The van der Waals surface area contributed by atoms with Crippen molar-refractivity contribution in [3.63, 3.8) is 0 Å². The van der Waals surface area contributed by atoms with Gasteiger partial charge in [-0.2, -0.15) is 9.78 Å². The van der Waals surface area contributed by atoms with Gasteiger partial charge in [0.05, 0.1) is 22.3 Å². The van der Waals surface area contributed by atoms with E-state index < -0.39 is 0 Å². The maximum atomic E-state index is 13.4. The van der Waals surface area contributed by atoms with Crippen molar-refractivity contribution in [1.29, 1.82) is 0 Å². The molecule has 7 nitrogen and oxygen atoms in total. The molecule has 1 amide bonds. The van der Waals surface area contributed by atoms with Gasteiger partial charge in [0.1, 0.15) is 11.5 Å². The Hall–Kier alpha value is -3.43. The molecule has 4 aromatic rings. The summed E-state index contributed by atoms with van der Waals surface area (Å²) in [6.45, 7) is 2.96. The first-order valence-electron chi connectivity index (χ1n) is 10.1. The Morgan fingerprint density at radius 3 is 2.75 bits per heavy atom. The Bertz CT molecular complexity index is 1210. The Morgan fingerprint density at radius 2 is 2.03 bits per heavy atom. The van der Waals surface area contributed by atoms with Crippen LogP contribution in [0, 0.1) is 12.7 Å². The second kappa shape index (κ2) is 9.80. The van der Waals surface area contributed by atoms with Gasteiger partial charge in [0.2, 0.25) is 0 Å². The molecule has 32 heavy (non-hydrogen) atoms. The average molecular weight is 452 g/mol. The minimum absolute atomic E-state index is 0.221. The highest BCUT2D eigenvalue weighted by Gasteiger charge is 2.22. The van der Waals surface area contributed by atoms with Gasteiger partial charge in [0, 0.05) is 32.0 Å². The normalized spacial score (nSPS) is 11.0. The molecule has 1 N–H and O–H groups in total. The number of aromatic nitrogens is 4. The molecule has 0 spiro atoms. The number of hydrogen-bond acceptors (Lipinski definition) is 6. The fourth-order valence-corrected chi connectivity index (χ4v) is 4.03. The number of methoxy groups -OCH3 is 1. The van der Waals surface area contributed by atoms with Crippen LogP contribution in [0.15, 0.2) is 54.2 Å². The fourth-order valence-electron chi connectivity index (χ4n) is 3.27. The number of carbonyl (C=O) groups excluding carboxylic acids is 1. The van der Waals surface area contributed by atoms with Gasteiger partial charge in [0.15, 0.2) is 0 Å². The highest BCUT2D eigenvalue weighted by atomic mass is 32.1. The predicted molar refractivity (Wildman–Crippen MR) is 121 cm³/mol. The van der Waals surface area contributed by atoms with Gasteiger partial charge in [0.25, 0.3) is 11.9 Å². The Kier molecular flexibility index (Phi) is 6.67. The minimum Gasteiger partial charge on any atom is -0.385 e. The summed E-state index contributed by atoms with van der Waals surface area (Å²) in [4.78, 5) is 22.9. The van der Waals surface area contributed by atoms with Crippen LogP contribution in [0.1, 0.15) is 22.3 Å². The molecule has 0 unspecified atom stereocenters. The van der Waals surface area contributed by atoms with E-state index in [-0.39, 0.29) is 11.7 Å². The smallest absolute Gasteiger partial charge is 0.255 e. The third-order valence-corrected chi connectivity index (χ3v) is 5.72. The van der Waals surface area contributed by atoms with Crippen LogP contribution in [-0.2, 0) is 4.74 Å². The quantitative estimate of drug-likeness (QED) is 0.405. The summed E-state index contributed by atoms with van der Waals surface area (Å²) in [5, 5.41) is 9.29. The number of thiophene rings is 1. The molecule has 0 radical (unpaired) electrons. The minimum atomic E-state index is -0.311. The van der Waals surface area contributed by atoms with E-state index >= 15 is 0 Å². The van der Waals surface area contributed by atoms with Gasteiger partial charge in [-0.05, 0) is 54.6 Å². The third-order valence-electron chi connectivity index (χ3n) is 4.85. The monoisotopic (exact) mass is 451 g/mol. The first-order chi connectivity index (χ1) is 15.6. The summed E-state index contributed by atoms with van der Waals surface area (Å²) < 4.78 is 20.0. The summed E-state index contributed by atoms with van der Waals surface area (Å²) >= 11 is 1.50. The van der Waals surface area contributed by atoms with E-state index in [0.29, 0.717) is 42.5 Å². The van der Waals surface area contributed by atoms with Crippen molar-refractivity contribution in [2.45, 2.75) is 13.3 Å². The molecule has 0 atom stereocenters. The molecule has 0 saturated carbocycles. The number of hydrogen-bond donors (Lipinski definition) is 1. The van der Waals surface area contributed by atoms with Gasteiger partial charge in [-0.25, -0.2) is 14.4 Å². The lowest BCUT2D eigenvalue weighted by Crippen LogP contribution is -2.25. The highest BCUT2D eigenvalue weighted by Crippen LogP contribution is 2.30. The number of nitrogens with one attached hydrogen (secondary N) is 1. The maximum Gasteiger partial charge on any atom is 0.255 e. The van der Waals surface area contributed by atoms with E-state index in [9.17, 15) is 9.18 Å². The second-order valence-corrected chi connectivity index (χ2v) is 8.05. The molecule has 3 heterocycles. The third kappa shape index (κ3) is 4.58. The van der Waals surface area contributed by atoms with E-state index in [2.05, 4.69) is 15.4 Å². The number of carbonyl (C=O) groups is 1. The molecule has 164 valence electrons. The van der Waals surface area contributed by atoms with Crippen LogP contribution in [0.4, 0.5) is 4.39 Å². The molecule has 0 fully saturated rings. The highest BCUT2D eigenvalue weighted by molar-refractivity contribution is 7.13. The molecular formula is C23H22FN5O2S. The van der Waals surface area contributed by atoms with Crippen molar-refractivity contribution in [1.82, 2.24) is 25.1 Å². The number of ether oxygens (including phenoxy) is 1. The van der Waals surface area contributed by atoms with E-state index in [1.807, 2.05) is 24.4 Å². The zero-order valence-corrected chi connectivity index (χ0v) is 18.5. The lowest BCUT2D eigenvalue weighted by Gasteiger charge is -2.10. The molecule has 0 aliphatic carbocycles. The summed E-state index contributed by atoms with van der Waals surface area (Å²) in [5.74, 6) is -0.202. The number of amides is 1. The standard InChI is InChI=1S/C23H22FN5O2S/c1-15-13-26-23(28-20(15)16-6-8-17(24)9-7-16)29-21(19-5-3-12-32-19)18(14-27-29)22(30)25-10-4-11-31-2/h3,5-9,12-14H,4,10-11H2,1-2H3,(H,25,30). The molecule has 0 aliphatic rings. The van der Waals surface area contributed by atoms with Crippen LogP contribution < -0.4 is 5.32 Å². The molecular weight excluding hydrogens is 429 g/mol. The zero-order chi connectivity index (χ0) is 22.5. The SMILES string of the molecule is COCCCNC(=O)c1cnn(-c2ncc(C)c(-c3ccc(F)cc3)n2)c1-c1cccs1. The molecule has 0 saturated heterocycles. The van der Waals surface area contributed by atoms with Crippen molar-refractivity contribution < 1.29 is 13.9 Å². The first kappa shape index (κ1) is 21.8. The Morgan fingerprint density at radius 1 is 1.22 bits per heavy atom. The largest absolute Gasteiger partial charge is 0.385 e. The molecule has 1 aromatic carbocycles. The van der Waals surface area contributed by atoms with Crippen molar-refractivity contribution in [3.8, 4) is 27.8 Å². The first-order valence-corrected chi connectivity index (χ1v) is 11.0. The maximum absolute atomic E-state index is 13.4. The van der Waals surface area contributed by atoms with Gasteiger partial charge >= 0.3 is 0 Å². The number of rotatable bonds is 8. The lowest BCUT2D eigenvalue weighted by atomic mass is 10.1. The fraction of sp³-hybridized carbons (Fsp3) is 0.217. The predicted octanol–water partition coefficient (Wildman–Crippen LogP) is 4.27. The number of nitrogens with zero attached hydrogens (tertiary/aromatic N) is 4. The van der Waals surface area contributed by atoms with E-state index in [1.54, 1.807) is 30.1 Å². The van der Waals surface area contributed by atoms with Crippen molar-refractivity contribution in [2.75, 3.05) is 20.3 Å². The summed E-state index contributed by atoms with van der Waals surface area (Å²) in [6.07, 6.45) is 3.94. The van der Waals surface area contributed by atoms with Crippen molar-refractivity contribution in [3.05, 3.63) is 71.1 Å². The molecule has 0 bridgehead atoms. The van der Waals surface area contributed by atoms with Gasteiger partial charge in [-0.15, -0.1) is 11.3 Å². The zero-order valence-electron chi connectivity index (χ0n) is 17.7. The van der Waals surface area contributed by atoms with E-state index in [1.165, 1.54) is 29.7 Å². The van der Waals surface area contributed by atoms with E-state index in [0.717, 1.165) is 16.0 Å². The van der Waals surface area contributed by atoms with Gasteiger partial charge in [-0.3, -0.25) is 4.79 Å². The van der Waals surface area contributed by atoms with Crippen molar-refractivity contribution in [2.24, 2.45) is 0 Å². The van der Waals surface area contributed by atoms with Crippen molar-refractivity contribution >= 4 is 17.2 Å². The molecule has 3 aromatic heterocycles. The summed E-state index contributed by atoms with van der Waals surface area (Å²) in [7, 11) is 1.63. The topological polar surface area (TPSA) is 81.9 Å². The summed E-state index contributed by atoms with van der Waals surface area (Å²) in [6, 6.07) is 9.99. The van der Waals surface area contributed by atoms with Crippen LogP contribution in [0.2, 0.25) is 0 Å². The van der Waals surface area contributed by atoms with Crippen LogP contribution in [-0.4, -0.2) is 45.9 Å². The molecule has 0 aliphatic heterocycles. The lowest BCUT2D eigenvalue weighted by molar-refractivity contribution is 0.0949. The Labute approximate surface area is 188 Å². The number of halogens is 1. The Balaban J connectivity index is 1.74. The molecule has 4 rings (SSSR count). The van der Waals surface area contributed by atoms with Crippen LogP contribution in [0.5, 0.6) is 0 Å². The van der Waals surface area contributed by atoms with Crippen LogP contribution in [0.25, 0.3) is 27.8 Å². The molecule has 9 heteroatoms. The van der Waals surface area contributed by atoms with Crippen LogP contribution in [0.3, 0.4) is 0 Å². The number of aryl methyl sites for hydroxylation is 1.